The summed E-state index contributed by atoms with van der Waals surface area (Å²) in [6, 6.07) is 0. The van der Waals surface area contributed by atoms with Gasteiger partial charge in [-0.2, -0.15) is 4.98 Å². The molecule has 0 bridgehead atoms. The Bertz CT molecular complexity index is 590. The van der Waals surface area contributed by atoms with E-state index < -0.39 is 22.0 Å². The van der Waals surface area contributed by atoms with Gasteiger partial charge in [0.25, 0.3) is 5.88 Å². The minimum atomic E-state index is -1.29. The molecule has 21 heavy (non-hydrogen) atoms. The molecule has 0 saturated carbocycles. The first-order valence-corrected chi connectivity index (χ1v) is 7.03. The summed E-state index contributed by atoms with van der Waals surface area (Å²) in [6.07, 6.45) is 1.71. The first-order valence-electron chi connectivity index (χ1n) is 5.81. The summed E-state index contributed by atoms with van der Waals surface area (Å²) in [6.45, 7) is -0.0665. The van der Waals surface area contributed by atoms with Gasteiger partial charge in [0.2, 0.25) is 0 Å². The fourth-order valence-electron chi connectivity index (χ4n) is 2.00. The van der Waals surface area contributed by atoms with Crippen molar-refractivity contribution in [2.75, 3.05) is 33.7 Å². The minimum Gasteiger partial charge on any atom is -0.476 e. The van der Waals surface area contributed by atoms with Gasteiger partial charge in [-0.25, -0.2) is 4.98 Å². The molecule has 1 aromatic heterocycles. The highest BCUT2D eigenvalue weighted by Crippen LogP contribution is 2.41. The largest absolute Gasteiger partial charge is 0.476 e. The Morgan fingerprint density at radius 3 is 2.48 bits per heavy atom. The predicted octanol–water partition coefficient (Wildman–Crippen LogP) is 0.556. The van der Waals surface area contributed by atoms with Crippen molar-refractivity contribution in [3.8, 4) is 5.88 Å². The van der Waals surface area contributed by atoms with E-state index in [0.29, 0.717) is 0 Å². The maximum absolute atomic E-state index is 12.1. The van der Waals surface area contributed by atoms with Crippen molar-refractivity contribution in [2.45, 2.75) is 10.6 Å². The van der Waals surface area contributed by atoms with Gasteiger partial charge in [-0.15, -0.1) is 0 Å². The molecule has 114 valence electrons. The van der Waals surface area contributed by atoms with Crippen LogP contribution in [0.5, 0.6) is 5.88 Å². The Hall–Kier alpha value is -1.94. The third-order valence-corrected chi connectivity index (χ3v) is 3.66. The lowest BCUT2D eigenvalue weighted by Gasteiger charge is -2.37. The smallest absolute Gasteiger partial charge is 0.353 e. The zero-order chi connectivity index (χ0) is 15.6. The second-order valence-corrected chi connectivity index (χ2v) is 5.01. The molecule has 0 spiro atoms. The van der Waals surface area contributed by atoms with Gasteiger partial charge in [-0.1, -0.05) is 11.8 Å². The minimum absolute atomic E-state index is 0.0332. The van der Waals surface area contributed by atoms with Crippen LogP contribution in [-0.4, -0.2) is 54.5 Å². The molecule has 0 N–H and O–H groups in total. The van der Waals surface area contributed by atoms with Crippen LogP contribution in [0.25, 0.3) is 0 Å². The van der Waals surface area contributed by atoms with Crippen LogP contribution in [0.15, 0.2) is 5.16 Å². The highest BCUT2D eigenvalue weighted by molar-refractivity contribution is 7.98. The number of hydrogen-bond donors (Lipinski definition) is 0. The van der Waals surface area contributed by atoms with Gasteiger partial charge in [0, 0.05) is 0 Å². The highest BCUT2D eigenvalue weighted by Gasteiger charge is 2.55. The van der Waals surface area contributed by atoms with Crippen LogP contribution in [0, 0.1) is 10.1 Å². The topological polar surface area (TPSA) is 114 Å². The van der Waals surface area contributed by atoms with E-state index in [0.717, 1.165) is 0 Å². The van der Waals surface area contributed by atoms with E-state index in [9.17, 15) is 14.9 Å². The van der Waals surface area contributed by atoms with Gasteiger partial charge in [-0.3, -0.25) is 14.9 Å². The summed E-state index contributed by atoms with van der Waals surface area (Å²) in [5.74, 6) is -0.825. The van der Waals surface area contributed by atoms with Crippen LogP contribution in [-0.2, 0) is 19.7 Å². The molecule has 0 amide bonds. The lowest BCUT2D eigenvalue weighted by atomic mass is 9.81. The third kappa shape index (κ3) is 2.40. The molecule has 0 radical (unpaired) electrons. The molecule has 0 aliphatic carbocycles. The van der Waals surface area contributed by atoms with Gasteiger partial charge in [0.15, 0.2) is 10.6 Å². The van der Waals surface area contributed by atoms with Crippen molar-refractivity contribution in [2.24, 2.45) is 0 Å². The number of carbonyl (C=O) groups excluding carboxylic acids is 1. The van der Waals surface area contributed by atoms with Crippen molar-refractivity contribution >= 4 is 23.4 Å². The van der Waals surface area contributed by atoms with Gasteiger partial charge >= 0.3 is 11.7 Å². The molecule has 10 heteroatoms. The maximum atomic E-state index is 12.1. The van der Waals surface area contributed by atoms with Crippen molar-refractivity contribution in [1.29, 1.82) is 0 Å². The van der Waals surface area contributed by atoms with Gasteiger partial charge in [-0.05, 0) is 6.26 Å². The lowest BCUT2D eigenvalue weighted by molar-refractivity contribution is -0.388. The number of hydrogen-bond acceptors (Lipinski definition) is 9. The average molecular weight is 315 g/mol. The van der Waals surface area contributed by atoms with Crippen molar-refractivity contribution in [3.05, 3.63) is 15.8 Å². The van der Waals surface area contributed by atoms with E-state index in [1.165, 1.54) is 26.0 Å². The fourth-order valence-corrected chi connectivity index (χ4v) is 2.36. The molecule has 1 aliphatic heterocycles. The van der Waals surface area contributed by atoms with E-state index in [2.05, 4.69) is 9.97 Å². The number of aromatic nitrogens is 2. The number of methoxy groups -OCH3 is 2. The normalized spacial score (nSPS) is 16.0. The lowest BCUT2D eigenvalue weighted by Crippen LogP contribution is -2.54. The number of rotatable bonds is 5. The Morgan fingerprint density at radius 1 is 1.43 bits per heavy atom. The van der Waals surface area contributed by atoms with Crippen LogP contribution in [0.2, 0.25) is 0 Å². The fraction of sp³-hybridized carbons (Fsp3) is 0.545. The Balaban J connectivity index is 2.70. The van der Waals surface area contributed by atoms with Crippen LogP contribution in [0.4, 0.5) is 5.69 Å². The molecular weight excluding hydrogens is 302 g/mol. The van der Waals surface area contributed by atoms with Crippen molar-refractivity contribution < 1.29 is 23.9 Å². The van der Waals surface area contributed by atoms with E-state index in [-0.39, 0.29) is 29.9 Å². The van der Waals surface area contributed by atoms with E-state index in [4.69, 9.17) is 14.2 Å². The summed E-state index contributed by atoms with van der Waals surface area (Å²) >= 11 is 1.19. The van der Waals surface area contributed by atoms with E-state index in [1.807, 2.05) is 0 Å². The number of ether oxygens (including phenoxy) is 3. The standard InChI is InChI=1S/C11H13N3O6S/c1-18-8-6(14(16)17)7(12-10(13-8)21-3)11(4-20-5-11)9(15)19-2/h4-5H2,1-3H3. The maximum Gasteiger partial charge on any atom is 0.353 e. The molecule has 1 aromatic rings. The second kappa shape index (κ2) is 5.82. The summed E-state index contributed by atoms with van der Waals surface area (Å²) in [5, 5.41) is 11.6. The molecule has 2 heterocycles. The van der Waals surface area contributed by atoms with E-state index in [1.54, 1.807) is 6.26 Å². The molecule has 1 saturated heterocycles. The SMILES string of the molecule is COC(=O)C1(c2nc(SC)nc(OC)c2[N+](=O)[O-])COC1. The number of thioether (sulfide) groups is 1. The molecule has 2 rings (SSSR count). The zero-order valence-electron chi connectivity index (χ0n) is 11.6. The highest BCUT2D eigenvalue weighted by atomic mass is 32.2. The first kappa shape index (κ1) is 15.4. The number of nitro groups is 1. The average Bonchev–Trinajstić information content (AvgIpc) is 2.44. The van der Waals surface area contributed by atoms with Crippen molar-refractivity contribution in [1.82, 2.24) is 9.97 Å². The molecule has 1 aliphatic rings. The first-order chi connectivity index (χ1) is 10.00. The van der Waals surface area contributed by atoms with Crippen LogP contribution >= 0.6 is 11.8 Å². The Morgan fingerprint density at radius 2 is 2.10 bits per heavy atom. The molecule has 9 nitrogen and oxygen atoms in total. The van der Waals surface area contributed by atoms with E-state index >= 15 is 0 Å². The summed E-state index contributed by atoms with van der Waals surface area (Å²) in [5.41, 5.74) is -1.77. The number of nitrogens with zero attached hydrogens (tertiary/aromatic N) is 3. The molecule has 0 aromatic carbocycles. The van der Waals surface area contributed by atoms with Crippen molar-refractivity contribution in [3.63, 3.8) is 0 Å². The monoisotopic (exact) mass is 315 g/mol. The predicted molar refractivity (Wildman–Crippen MR) is 71.5 cm³/mol. The molecule has 0 unspecified atom stereocenters. The van der Waals surface area contributed by atoms with Crippen LogP contribution in [0.1, 0.15) is 5.69 Å². The summed E-state index contributed by atoms with van der Waals surface area (Å²) in [4.78, 5) is 30.8. The number of carbonyl (C=O) groups is 1. The molecular formula is C11H13N3O6S. The Labute approximate surface area is 124 Å². The Kier molecular flexibility index (Phi) is 4.28. The van der Waals surface area contributed by atoms with Crippen LogP contribution < -0.4 is 4.74 Å². The quantitative estimate of drug-likeness (QED) is 0.253. The van der Waals surface area contributed by atoms with Gasteiger partial charge in [0.05, 0.1) is 32.4 Å². The zero-order valence-corrected chi connectivity index (χ0v) is 12.4. The molecule has 0 atom stereocenters. The number of esters is 1. The summed E-state index contributed by atoms with van der Waals surface area (Å²) < 4.78 is 14.8. The third-order valence-electron chi connectivity index (χ3n) is 3.12. The van der Waals surface area contributed by atoms with Gasteiger partial charge < -0.3 is 14.2 Å². The molecule has 1 fully saturated rings. The second-order valence-electron chi connectivity index (χ2n) is 4.24. The summed E-state index contributed by atoms with van der Waals surface area (Å²) in [7, 11) is 2.48. The van der Waals surface area contributed by atoms with Crippen LogP contribution in [0.3, 0.4) is 0 Å². The van der Waals surface area contributed by atoms with Gasteiger partial charge in [0.1, 0.15) is 5.69 Å².